The monoisotopic (exact) mass is 366 g/mol. The van der Waals surface area contributed by atoms with Crippen LogP contribution in [-0.4, -0.2) is 16.0 Å². The van der Waals surface area contributed by atoms with Crippen LogP contribution in [0.1, 0.15) is 75.6 Å². The van der Waals surface area contributed by atoms with Gasteiger partial charge in [-0.3, -0.25) is 0 Å². The molecule has 2 atom stereocenters. The molecule has 0 bridgehead atoms. The summed E-state index contributed by atoms with van der Waals surface area (Å²) in [5, 5.41) is 0.724. The summed E-state index contributed by atoms with van der Waals surface area (Å²) in [6, 6.07) is 18.6. The Labute approximate surface area is 162 Å². The summed E-state index contributed by atoms with van der Waals surface area (Å²) >= 11 is 0. The minimum Gasteiger partial charge on any atom is -0.0912 e. The zero-order valence-electron chi connectivity index (χ0n) is 17.8. The van der Waals surface area contributed by atoms with Crippen LogP contribution in [0.15, 0.2) is 48.5 Å². The summed E-state index contributed by atoms with van der Waals surface area (Å²) in [6.07, 6.45) is 0. The zero-order valence-corrected chi connectivity index (χ0v) is 18.7. The molecule has 0 radical (unpaired) electrons. The number of hydrogen-bond donors (Lipinski definition) is 0. The van der Waals surface area contributed by atoms with E-state index < -0.39 is 0 Å². The molecule has 26 heavy (non-hydrogen) atoms. The first-order valence-electron chi connectivity index (χ1n) is 9.93. The molecule has 2 aromatic carbocycles. The third kappa shape index (κ3) is 3.91. The predicted molar refractivity (Wildman–Crippen MR) is 118 cm³/mol. The summed E-state index contributed by atoms with van der Waals surface area (Å²) in [4.78, 5) is 0. The highest BCUT2D eigenvalue weighted by Crippen LogP contribution is 2.77. The fraction of sp³-hybridized carbons (Fsp3) is 0.520. The van der Waals surface area contributed by atoms with Crippen molar-refractivity contribution in [3.05, 3.63) is 70.8 Å². The van der Waals surface area contributed by atoms with Crippen LogP contribution in [0.2, 0.25) is 0 Å². The highest BCUT2D eigenvalue weighted by atomic mass is 31.1. The molecule has 0 aliphatic heterocycles. The Kier molecular flexibility index (Phi) is 5.13. The van der Waals surface area contributed by atoms with Crippen LogP contribution in [0.3, 0.4) is 0 Å². The SMILES string of the molecule is Cc1ccc(C2C(c3ccc(C)cc3)C2P(C(C)(C)C)C(C)(C)C)cc1. The van der Waals surface area contributed by atoms with E-state index in [1.165, 1.54) is 22.3 Å². The molecule has 2 aromatic rings. The van der Waals surface area contributed by atoms with Crippen molar-refractivity contribution in [1.82, 2.24) is 0 Å². The van der Waals surface area contributed by atoms with E-state index in [2.05, 4.69) is 104 Å². The molecule has 3 rings (SSSR count). The quantitative estimate of drug-likeness (QED) is 0.490. The summed E-state index contributed by atoms with van der Waals surface area (Å²) in [6.45, 7) is 19.1. The second kappa shape index (κ2) is 6.79. The molecule has 1 saturated carbocycles. The molecular formula is C25H35P. The van der Waals surface area contributed by atoms with Gasteiger partial charge in [0.05, 0.1) is 0 Å². The van der Waals surface area contributed by atoms with Crippen molar-refractivity contribution >= 4 is 7.92 Å². The molecule has 2 unspecified atom stereocenters. The molecule has 0 saturated heterocycles. The van der Waals surface area contributed by atoms with Crippen LogP contribution in [0, 0.1) is 13.8 Å². The average Bonchev–Trinajstić information content (AvgIpc) is 3.20. The van der Waals surface area contributed by atoms with Gasteiger partial charge in [0.15, 0.2) is 0 Å². The van der Waals surface area contributed by atoms with E-state index in [-0.39, 0.29) is 7.92 Å². The number of rotatable bonds is 3. The Balaban J connectivity index is 2.04. The fourth-order valence-corrected chi connectivity index (χ4v) is 9.96. The minimum absolute atomic E-state index is 0.132. The summed E-state index contributed by atoms with van der Waals surface area (Å²) in [7, 11) is -0.132. The van der Waals surface area contributed by atoms with Gasteiger partial charge >= 0.3 is 0 Å². The minimum atomic E-state index is -0.132. The molecule has 0 aromatic heterocycles. The van der Waals surface area contributed by atoms with Gasteiger partial charge in [-0.15, -0.1) is 0 Å². The van der Waals surface area contributed by atoms with Gasteiger partial charge in [0, 0.05) is 0 Å². The van der Waals surface area contributed by atoms with E-state index in [0.717, 1.165) is 5.66 Å². The third-order valence-electron chi connectivity index (χ3n) is 5.65. The third-order valence-corrected chi connectivity index (χ3v) is 9.78. The maximum atomic E-state index is 2.46. The van der Waals surface area contributed by atoms with Gasteiger partial charge in [0.25, 0.3) is 0 Å². The lowest BCUT2D eigenvalue weighted by Gasteiger charge is -2.42. The highest BCUT2D eigenvalue weighted by molar-refractivity contribution is 7.62. The first-order chi connectivity index (χ1) is 12.0. The lowest BCUT2D eigenvalue weighted by Crippen LogP contribution is -2.27. The zero-order chi connectivity index (χ0) is 19.3. The first-order valence-corrected chi connectivity index (χ1v) is 11.3. The van der Waals surface area contributed by atoms with E-state index in [0.29, 0.717) is 22.1 Å². The smallest absolute Gasteiger partial charge is 0.00126 e. The van der Waals surface area contributed by atoms with Gasteiger partial charge in [-0.25, -0.2) is 0 Å². The topological polar surface area (TPSA) is 0 Å². The van der Waals surface area contributed by atoms with E-state index in [1.807, 2.05) is 0 Å². The number of aryl methyl sites for hydroxylation is 2. The van der Waals surface area contributed by atoms with Crippen LogP contribution < -0.4 is 0 Å². The Morgan fingerprint density at radius 3 is 1.15 bits per heavy atom. The van der Waals surface area contributed by atoms with Crippen molar-refractivity contribution in [3.63, 3.8) is 0 Å². The Bertz CT molecular complexity index is 675. The number of benzene rings is 2. The molecule has 0 spiro atoms. The maximum Gasteiger partial charge on any atom is -0.00126 e. The van der Waals surface area contributed by atoms with Crippen LogP contribution in [0.25, 0.3) is 0 Å². The van der Waals surface area contributed by atoms with E-state index in [9.17, 15) is 0 Å². The molecule has 0 heterocycles. The van der Waals surface area contributed by atoms with Crippen molar-refractivity contribution < 1.29 is 0 Å². The molecule has 0 amide bonds. The molecule has 0 N–H and O–H groups in total. The Hall–Kier alpha value is -1.13. The van der Waals surface area contributed by atoms with Crippen LogP contribution in [-0.2, 0) is 0 Å². The fourth-order valence-electron chi connectivity index (χ4n) is 4.90. The highest BCUT2D eigenvalue weighted by Gasteiger charge is 2.59. The number of hydrogen-bond acceptors (Lipinski definition) is 0. The molecule has 140 valence electrons. The van der Waals surface area contributed by atoms with Gasteiger partial charge in [-0.2, -0.15) is 0 Å². The van der Waals surface area contributed by atoms with Gasteiger partial charge in [-0.05, 0) is 52.8 Å². The van der Waals surface area contributed by atoms with Crippen molar-refractivity contribution in [2.75, 3.05) is 0 Å². The van der Waals surface area contributed by atoms with Crippen LogP contribution >= 0.6 is 7.92 Å². The molecule has 1 heteroatoms. The van der Waals surface area contributed by atoms with E-state index >= 15 is 0 Å². The van der Waals surface area contributed by atoms with Crippen molar-refractivity contribution in [3.8, 4) is 0 Å². The normalized spacial score (nSPS) is 23.3. The summed E-state index contributed by atoms with van der Waals surface area (Å²) in [5.41, 5.74) is 6.55. The molecular weight excluding hydrogens is 331 g/mol. The standard InChI is InChI=1S/C25H35P/c1-17-9-13-19(14-10-17)21-22(20-15-11-18(2)12-16-20)23(21)26(24(3,4)5)25(6,7)8/h9-16,21-23H,1-8H3. The lowest BCUT2D eigenvalue weighted by atomic mass is 10.0. The van der Waals surface area contributed by atoms with Crippen molar-refractivity contribution in [2.45, 2.75) is 83.2 Å². The average molecular weight is 367 g/mol. The van der Waals surface area contributed by atoms with Gasteiger partial charge in [-0.1, -0.05) is 109 Å². The second-order valence-electron chi connectivity index (χ2n) is 10.1. The van der Waals surface area contributed by atoms with Crippen LogP contribution in [0.4, 0.5) is 0 Å². The Morgan fingerprint density at radius 2 is 0.885 bits per heavy atom. The van der Waals surface area contributed by atoms with Crippen molar-refractivity contribution in [1.29, 1.82) is 0 Å². The van der Waals surface area contributed by atoms with Crippen LogP contribution in [0.5, 0.6) is 0 Å². The Morgan fingerprint density at radius 1 is 0.577 bits per heavy atom. The van der Waals surface area contributed by atoms with E-state index in [1.54, 1.807) is 0 Å². The molecule has 1 fully saturated rings. The second-order valence-corrected chi connectivity index (χ2v) is 14.1. The lowest BCUT2D eigenvalue weighted by molar-refractivity contribution is 0.700. The van der Waals surface area contributed by atoms with Crippen molar-refractivity contribution in [2.24, 2.45) is 0 Å². The summed E-state index contributed by atoms with van der Waals surface area (Å²) < 4.78 is 0. The first kappa shape index (κ1) is 19.6. The molecule has 1 aliphatic rings. The maximum absolute atomic E-state index is 2.46. The van der Waals surface area contributed by atoms with Gasteiger partial charge < -0.3 is 0 Å². The largest absolute Gasteiger partial charge is 0.0912 e. The van der Waals surface area contributed by atoms with Gasteiger partial charge in [0.1, 0.15) is 0 Å². The molecule has 1 aliphatic carbocycles. The van der Waals surface area contributed by atoms with E-state index in [4.69, 9.17) is 0 Å². The molecule has 0 nitrogen and oxygen atoms in total. The van der Waals surface area contributed by atoms with Gasteiger partial charge in [0.2, 0.25) is 0 Å². The predicted octanol–water partition coefficient (Wildman–Crippen LogP) is 7.63. The summed E-state index contributed by atoms with van der Waals surface area (Å²) in [5.74, 6) is 1.34.